The van der Waals surface area contributed by atoms with Gasteiger partial charge in [-0.25, -0.2) is 0 Å². The molecule has 0 radical (unpaired) electrons. The van der Waals surface area contributed by atoms with Crippen molar-refractivity contribution in [2.24, 2.45) is 5.92 Å². The molecule has 0 saturated carbocycles. The van der Waals surface area contributed by atoms with Crippen LogP contribution in [0.1, 0.15) is 31.2 Å². The number of hydrogen-bond donors (Lipinski definition) is 1. The number of hydrogen-bond acceptors (Lipinski definition) is 3. The van der Waals surface area contributed by atoms with Gasteiger partial charge in [0.15, 0.2) is 0 Å². The molecule has 1 aliphatic rings. The molecular formula is C15H20N2O3. The Balaban J connectivity index is 1.86. The van der Waals surface area contributed by atoms with Crippen molar-refractivity contribution in [3.8, 4) is 0 Å². The van der Waals surface area contributed by atoms with Crippen molar-refractivity contribution < 1.29 is 14.7 Å². The van der Waals surface area contributed by atoms with Crippen LogP contribution in [-0.2, 0) is 16.0 Å². The minimum absolute atomic E-state index is 0.106. The van der Waals surface area contributed by atoms with Crippen molar-refractivity contribution in [1.29, 1.82) is 0 Å². The van der Waals surface area contributed by atoms with Gasteiger partial charge in [0.25, 0.3) is 0 Å². The molecular weight excluding hydrogens is 256 g/mol. The molecule has 1 aliphatic heterocycles. The highest BCUT2D eigenvalue weighted by atomic mass is 16.4. The fourth-order valence-corrected chi connectivity index (χ4v) is 2.65. The molecule has 2 heterocycles. The molecule has 0 aromatic carbocycles. The molecule has 0 unspecified atom stereocenters. The first-order chi connectivity index (χ1) is 9.65. The van der Waals surface area contributed by atoms with Gasteiger partial charge in [0.05, 0.1) is 6.42 Å². The number of carboxylic acids is 1. The molecule has 0 aliphatic carbocycles. The summed E-state index contributed by atoms with van der Waals surface area (Å²) in [6.45, 7) is 1.40. The largest absolute Gasteiger partial charge is 0.481 e. The van der Waals surface area contributed by atoms with Crippen LogP contribution in [0.5, 0.6) is 0 Å². The van der Waals surface area contributed by atoms with Crippen molar-refractivity contribution in [3.05, 3.63) is 30.1 Å². The van der Waals surface area contributed by atoms with Crippen LogP contribution in [0.3, 0.4) is 0 Å². The van der Waals surface area contributed by atoms with Gasteiger partial charge in [-0.2, -0.15) is 0 Å². The number of amides is 1. The number of rotatable bonds is 4. The van der Waals surface area contributed by atoms with Crippen molar-refractivity contribution in [3.63, 3.8) is 0 Å². The molecule has 1 saturated heterocycles. The van der Waals surface area contributed by atoms with Crippen LogP contribution in [0.2, 0.25) is 0 Å². The lowest BCUT2D eigenvalue weighted by molar-refractivity contribution is -0.138. The number of carbonyl (C=O) groups is 2. The summed E-state index contributed by atoms with van der Waals surface area (Å²) in [6.07, 6.45) is 6.55. The third-order valence-corrected chi connectivity index (χ3v) is 3.74. The monoisotopic (exact) mass is 276 g/mol. The maximum atomic E-state index is 12.2. The van der Waals surface area contributed by atoms with Crippen LogP contribution in [0.4, 0.5) is 0 Å². The Labute approximate surface area is 118 Å². The maximum absolute atomic E-state index is 12.2. The van der Waals surface area contributed by atoms with Gasteiger partial charge in [-0.1, -0.05) is 6.07 Å². The Morgan fingerprint density at radius 3 is 2.90 bits per heavy atom. The van der Waals surface area contributed by atoms with Crippen LogP contribution in [0.15, 0.2) is 24.5 Å². The molecule has 0 bridgehead atoms. The van der Waals surface area contributed by atoms with Crippen LogP contribution in [0, 0.1) is 5.92 Å². The smallest absolute Gasteiger partial charge is 0.303 e. The Hall–Kier alpha value is -1.91. The lowest BCUT2D eigenvalue weighted by Gasteiger charge is -2.20. The number of carbonyl (C=O) groups excluding carboxylic acids is 1. The van der Waals surface area contributed by atoms with E-state index in [1.807, 2.05) is 17.0 Å². The van der Waals surface area contributed by atoms with Crippen molar-refractivity contribution in [2.45, 2.75) is 32.1 Å². The predicted octanol–water partition coefficient (Wildman–Crippen LogP) is 1.73. The van der Waals surface area contributed by atoms with Crippen LogP contribution in [0.25, 0.3) is 0 Å². The number of nitrogens with zero attached hydrogens (tertiary/aromatic N) is 2. The van der Waals surface area contributed by atoms with E-state index in [1.54, 1.807) is 12.4 Å². The normalized spacial score (nSPS) is 19.4. The van der Waals surface area contributed by atoms with Gasteiger partial charge < -0.3 is 10.0 Å². The zero-order chi connectivity index (χ0) is 14.4. The molecule has 5 heteroatoms. The van der Waals surface area contributed by atoms with E-state index in [-0.39, 0.29) is 18.2 Å². The summed E-state index contributed by atoms with van der Waals surface area (Å²) in [5.74, 6) is -0.442. The van der Waals surface area contributed by atoms with Crippen molar-refractivity contribution in [1.82, 2.24) is 9.88 Å². The van der Waals surface area contributed by atoms with Crippen LogP contribution in [-0.4, -0.2) is 40.0 Å². The van der Waals surface area contributed by atoms with Gasteiger partial charge in [0.1, 0.15) is 0 Å². The second kappa shape index (κ2) is 7.03. The van der Waals surface area contributed by atoms with Gasteiger partial charge in [-0.3, -0.25) is 14.6 Å². The Kier molecular flexibility index (Phi) is 5.09. The Bertz CT molecular complexity index is 461. The van der Waals surface area contributed by atoms with Crippen molar-refractivity contribution >= 4 is 11.9 Å². The molecule has 2 rings (SSSR count). The van der Waals surface area contributed by atoms with Gasteiger partial charge in [0.2, 0.25) is 5.91 Å². The predicted molar refractivity (Wildman–Crippen MR) is 74.1 cm³/mol. The summed E-state index contributed by atoms with van der Waals surface area (Å²) in [4.78, 5) is 28.8. The van der Waals surface area contributed by atoms with E-state index in [1.165, 1.54) is 0 Å². The van der Waals surface area contributed by atoms with E-state index in [2.05, 4.69) is 4.98 Å². The third kappa shape index (κ3) is 4.33. The molecule has 1 atom stereocenters. The lowest BCUT2D eigenvalue weighted by atomic mass is 9.97. The van der Waals surface area contributed by atoms with E-state index in [0.29, 0.717) is 13.0 Å². The number of aromatic nitrogens is 1. The minimum atomic E-state index is -0.745. The van der Waals surface area contributed by atoms with Gasteiger partial charge in [0, 0.05) is 31.9 Å². The molecule has 108 valence electrons. The summed E-state index contributed by atoms with van der Waals surface area (Å²) < 4.78 is 0. The first-order valence-corrected chi connectivity index (χ1v) is 7.03. The topological polar surface area (TPSA) is 70.5 Å². The number of pyridine rings is 1. The second-order valence-electron chi connectivity index (χ2n) is 5.31. The standard InChI is InChI=1S/C15H20N2O3/c18-14(9-13-3-1-6-16-11-13)17-7-2-4-12(5-8-17)10-15(19)20/h1,3,6,11-12H,2,4-5,7-10H2,(H,19,20)/t12-/m0/s1. The fourth-order valence-electron chi connectivity index (χ4n) is 2.65. The van der Waals surface area contributed by atoms with Crippen LogP contribution < -0.4 is 0 Å². The number of likely N-dealkylation sites (tertiary alicyclic amines) is 1. The first-order valence-electron chi connectivity index (χ1n) is 7.03. The number of carboxylic acid groups (broad SMARTS) is 1. The molecule has 1 N–H and O–H groups in total. The Morgan fingerprint density at radius 2 is 2.20 bits per heavy atom. The third-order valence-electron chi connectivity index (χ3n) is 3.74. The summed E-state index contributed by atoms with van der Waals surface area (Å²) in [7, 11) is 0. The highest BCUT2D eigenvalue weighted by Crippen LogP contribution is 2.21. The molecule has 20 heavy (non-hydrogen) atoms. The minimum Gasteiger partial charge on any atom is -0.481 e. The zero-order valence-electron chi connectivity index (χ0n) is 11.5. The van der Waals surface area contributed by atoms with Gasteiger partial charge in [-0.15, -0.1) is 0 Å². The first kappa shape index (κ1) is 14.5. The van der Waals surface area contributed by atoms with E-state index < -0.39 is 5.97 Å². The lowest BCUT2D eigenvalue weighted by Crippen LogP contribution is -2.33. The quantitative estimate of drug-likeness (QED) is 0.909. The van der Waals surface area contributed by atoms with Gasteiger partial charge in [-0.05, 0) is 36.8 Å². The Morgan fingerprint density at radius 1 is 1.35 bits per heavy atom. The molecule has 5 nitrogen and oxygen atoms in total. The average molecular weight is 276 g/mol. The second-order valence-corrected chi connectivity index (χ2v) is 5.31. The summed E-state index contributed by atoms with van der Waals surface area (Å²) in [5.41, 5.74) is 0.920. The van der Waals surface area contributed by atoms with Crippen LogP contribution >= 0.6 is 0 Å². The average Bonchev–Trinajstić information content (AvgIpc) is 2.65. The van der Waals surface area contributed by atoms with E-state index in [4.69, 9.17) is 5.11 Å². The van der Waals surface area contributed by atoms with E-state index in [0.717, 1.165) is 31.4 Å². The van der Waals surface area contributed by atoms with E-state index >= 15 is 0 Å². The highest BCUT2D eigenvalue weighted by molar-refractivity contribution is 5.78. The van der Waals surface area contributed by atoms with Crippen molar-refractivity contribution in [2.75, 3.05) is 13.1 Å². The summed E-state index contributed by atoms with van der Waals surface area (Å²) >= 11 is 0. The maximum Gasteiger partial charge on any atom is 0.303 e. The SMILES string of the molecule is O=C(O)C[C@H]1CCCN(C(=O)Cc2cccnc2)CC1. The molecule has 0 spiro atoms. The zero-order valence-corrected chi connectivity index (χ0v) is 11.5. The summed E-state index contributed by atoms with van der Waals surface area (Å²) in [6, 6.07) is 3.73. The van der Waals surface area contributed by atoms with E-state index in [9.17, 15) is 9.59 Å². The number of aliphatic carboxylic acids is 1. The fraction of sp³-hybridized carbons (Fsp3) is 0.533. The molecule has 1 amide bonds. The molecule has 1 fully saturated rings. The molecule has 1 aromatic heterocycles. The highest BCUT2D eigenvalue weighted by Gasteiger charge is 2.22. The van der Waals surface area contributed by atoms with Gasteiger partial charge >= 0.3 is 5.97 Å². The summed E-state index contributed by atoms with van der Waals surface area (Å²) in [5, 5.41) is 8.84. The molecule has 1 aromatic rings.